The normalized spacial score (nSPS) is 18.7. The fourth-order valence-corrected chi connectivity index (χ4v) is 3.36. The van der Waals surface area contributed by atoms with Gasteiger partial charge >= 0.3 is 0 Å². The summed E-state index contributed by atoms with van der Waals surface area (Å²) in [4.78, 5) is 14.4. The molecule has 2 heterocycles. The molecule has 0 saturated carbocycles. The van der Waals surface area contributed by atoms with Crippen molar-refractivity contribution < 1.29 is 4.79 Å². The van der Waals surface area contributed by atoms with Crippen molar-refractivity contribution in [3.63, 3.8) is 0 Å². The summed E-state index contributed by atoms with van der Waals surface area (Å²) >= 11 is 0. The number of fused-ring (bicyclic) bond motifs is 1. The zero-order valence-electron chi connectivity index (χ0n) is 12.2. The number of hydrogen-bond acceptors (Lipinski definition) is 2. The number of rotatable bonds is 3. The summed E-state index contributed by atoms with van der Waals surface area (Å²) in [7, 11) is 0. The zero-order valence-corrected chi connectivity index (χ0v) is 12.2. The molecule has 1 fully saturated rings. The third kappa shape index (κ3) is 3.04. The smallest absolute Gasteiger partial charge is 0.222 e. The largest absolute Gasteiger partial charge is 0.343 e. The van der Waals surface area contributed by atoms with Crippen molar-refractivity contribution >= 4 is 5.91 Å². The summed E-state index contributed by atoms with van der Waals surface area (Å²) in [5.41, 5.74) is 4.19. The third-order valence-electron chi connectivity index (χ3n) is 4.55. The SMILES string of the molecule is O=C(CCc1cccc2c1CNC2)N1CCCCCC1. The quantitative estimate of drug-likeness (QED) is 0.917. The minimum atomic E-state index is 0.343. The van der Waals surface area contributed by atoms with Crippen molar-refractivity contribution in [3.8, 4) is 0 Å². The Kier molecular flexibility index (Phi) is 4.36. The third-order valence-corrected chi connectivity index (χ3v) is 4.55. The molecule has 0 radical (unpaired) electrons. The van der Waals surface area contributed by atoms with E-state index in [2.05, 4.69) is 28.4 Å². The second kappa shape index (κ2) is 6.40. The number of carbonyl (C=O) groups is 1. The van der Waals surface area contributed by atoms with E-state index in [1.54, 1.807) is 0 Å². The van der Waals surface area contributed by atoms with E-state index in [1.165, 1.54) is 42.4 Å². The highest BCUT2D eigenvalue weighted by Crippen LogP contribution is 2.21. The van der Waals surface area contributed by atoms with Gasteiger partial charge in [0.2, 0.25) is 5.91 Å². The summed E-state index contributed by atoms with van der Waals surface area (Å²) in [5.74, 6) is 0.343. The Morgan fingerprint density at radius 3 is 2.70 bits per heavy atom. The molecule has 2 aliphatic rings. The lowest BCUT2D eigenvalue weighted by Gasteiger charge is -2.20. The molecule has 108 valence electrons. The summed E-state index contributed by atoms with van der Waals surface area (Å²) in [5, 5.41) is 3.39. The van der Waals surface area contributed by atoms with E-state index in [0.717, 1.165) is 32.6 Å². The lowest BCUT2D eigenvalue weighted by atomic mass is 9.99. The fourth-order valence-electron chi connectivity index (χ4n) is 3.36. The van der Waals surface area contributed by atoms with Gasteiger partial charge in [0, 0.05) is 32.6 Å². The molecule has 1 aromatic carbocycles. The fraction of sp³-hybridized carbons (Fsp3) is 0.588. The van der Waals surface area contributed by atoms with Crippen molar-refractivity contribution in [2.75, 3.05) is 13.1 Å². The molecule has 3 rings (SSSR count). The summed E-state index contributed by atoms with van der Waals surface area (Å²) in [6, 6.07) is 6.49. The summed E-state index contributed by atoms with van der Waals surface area (Å²) < 4.78 is 0. The Hall–Kier alpha value is -1.35. The molecule has 1 amide bonds. The van der Waals surface area contributed by atoms with Gasteiger partial charge in [-0.25, -0.2) is 0 Å². The van der Waals surface area contributed by atoms with E-state index in [1.807, 2.05) is 0 Å². The molecule has 0 spiro atoms. The van der Waals surface area contributed by atoms with Gasteiger partial charge in [-0.05, 0) is 36.0 Å². The maximum absolute atomic E-state index is 12.3. The molecule has 1 aromatic rings. The number of aryl methyl sites for hydroxylation is 1. The second-order valence-corrected chi connectivity index (χ2v) is 5.95. The van der Waals surface area contributed by atoms with E-state index in [4.69, 9.17) is 0 Å². The van der Waals surface area contributed by atoms with Crippen LogP contribution in [0.3, 0.4) is 0 Å². The van der Waals surface area contributed by atoms with Gasteiger partial charge in [0.05, 0.1) is 0 Å². The van der Waals surface area contributed by atoms with Crippen LogP contribution in [0, 0.1) is 0 Å². The van der Waals surface area contributed by atoms with Crippen molar-refractivity contribution in [1.82, 2.24) is 10.2 Å². The highest BCUT2D eigenvalue weighted by atomic mass is 16.2. The van der Waals surface area contributed by atoms with E-state index in [0.29, 0.717) is 12.3 Å². The number of carbonyl (C=O) groups excluding carboxylic acids is 1. The van der Waals surface area contributed by atoms with E-state index in [-0.39, 0.29) is 0 Å². The van der Waals surface area contributed by atoms with Crippen LogP contribution >= 0.6 is 0 Å². The molecular formula is C17H24N2O. The first-order chi connectivity index (χ1) is 9.84. The van der Waals surface area contributed by atoms with Crippen molar-refractivity contribution in [2.45, 2.75) is 51.6 Å². The molecule has 20 heavy (non-hydrogen) atoms. The molecule has 2 aliphatic heterocycles. The molecule has 0 atom stereocenters. The number of nitrogens with zero attached hydrogens (tertiary/aromatic N) is 1. The Balaban J connectivity index is 1.59. The van der Waals surface area contributed by atoms with Gasteiger partial charge < -0.3 is 10.2 Å². The first-order valence-electron chi connectivity index (χ1n) is 7.93. The Labute approximate surface area is 121 Å². The van der Waals surface area contributed by atoms with Crippen LogP contribution in [0.5, 0.6) is 0 Å². The Morgan fingerprint density at radius 1 is 1.10 bits per heavy atom. The summed E-state index contributed by atoms with van der Waals surface area (Å²) in [6.45, 7) is 3.87. The van der Waals surface area contributed by atoms with Crippen LogP contribution in [0.25, 0.3) is 0 Å². The number of nitrogens with one attached hydrogen (secondary N) is 1. The van der Waals surface area contributed by atoms with E-state index in [9.17, 15) is 4.79 Å². The lowest BCUT2D eigenvalue weighted by molar-refractivity contribution is -0.131. The number of benzene rings is 1. The van der Waals surface area contributed by atoms with Crippen LogP contribution in [-0.4, -0.2) is 23.9 Å². The average molecular weight is 272 g/mol. The van der Waals surface area contributed by atoms with Gasteiger partial charge in [0.25, 0.3) is 0 Å². The second-order valence-electron chi connectivity index (χ2n) is 5.95. The van der Waals surface area contributed by atoms with Crippen LogP contribution in [0.15, 0.2) is 18.2 Å². The molecule has 0 aromatic heterocycles. The number of amides is 1. The highest BCUT2D eigenvalue weighted by molar-refractivity contribution is 5.76. The van der Waals surface area contributed by atoms with Gasteiger partial charge in [-0.3, -0.25) is 4.79 Å². The molecule has 1 saturated heterocycles. The van der Waals surface area contributed by atoms with Crippen molar-refractivity contribution in [2.24, 2.45) is 0 Å². The van der Waals surface area contributed by atoms with Gasteiger partial charge in [-0.1, -0.05) is 31.0 Å². The predicted octanol–water partition coefficient (Wildman–Crippen LogP) is 2.63. The molecular weight excluding hydrogens is 248 g/mol. The standard InChI is InChI=1S/C17H24N2O/c20-17(19-10-3-1-2-4-11-19)9-8-14-6-5-7-15-12-18-13-16(14)15/h5-7,18H,1-4,8-13H2. The van der Waals surface area contributed by atoms with Gasteiger partial charge in [-0.2, -0.15) is 0 Å². The Bertz CT molecular complexity index is 476. The number of hydrogen-bond donors (Lipinski definition) is 1. The first-order valence-corrected chi connectivity index (χ1v) is 7.93. The Morgan fingerprint density at radius 2 is 1.90 bits per heavy atom. The predicted molar refractivity (Wildman–Crippen MR) is 80.4 cm³/mol. The van der Waals surface area contributed by atoms with Crippen LogP contribution < -0.4 is 5.32 Å². The maximum Gasteiger partial charge on any atom is 0.222 e. The minimum Gasteiger partial charge on any atom is -0.343 e. The van der Waals surface area contributed by atoms with E-state index < -0.39 is 0 Å². The van der Waals surface area contributed by atoms with Crippen molar-refractivity contribution in [1.29, 1.82) is 0 Å². The molecule has 0 bridgehead atoms. The topological polar surface area (TPSA) is 32.3 Å². The van der Waals surface area contributed by atoms with Gasteiger partial charge in [0.15, 0.2) is 0 Å². The minimum absolute atomic E-state index is 0.343. The van der Waals surface area contributed by atoms with Crippen LogP contribution in [0.2, 0.25) is 0 Å². The van der Waals surface area contributed by atoms with Gasteiger partial charge in [0.1, 0.15) is 0 Å². The molecule has 0 aliphatic carbocycles. The zero-order chi connectivity index (χ0) is 13.8. The lowest BCUT2D eigenvalue weighted by Crippen LogP contribution is -2.32. The monoisotopic (exact) mass is 272 g/mol. The number of likely N-dealkylation sites (tertiary alicyclic amines) is 1. The average Bonchev–Trinajstić information content (AvgIpc) is 2.79. The molecule has 1 N–H and O–H groups in total. The highest BCUT2D eigenvalue weighted by Gasteiger charge is 2.17. The maximum atomic E-state index is 12.3. The van der Waals surface area contributed by atoms with Crippen LogP contribution in [0.1, 0.15) is 48.8 Å². The van der Waals surface area contributed by atoms with Crippen LogP contribution in [-0.2, 0) is 24.3 Å². The summed E-state index contributed by atoms with van der Waals surface area (Å²) in [6.07, 6.45) is 6.46. The van der Waals surface area contributed by atoms with Crippen molar-refractivity contribution in [3.05, 3.63) is 34.9 Å². The first kappa shape index (κ1) is 13.6. The van der Waals surface area contributed by atoms with Gasteiger partial charge in [-0.15, -0.1) is 0 Å². The molecule has 3 nitrogen and oxygen atoms in total. The van der Waals surface area contributed by atoms with Crippen LogP contribution in [0.4, 0.5) is 0 Å². The van der Waals surface area contributed by atoms with E-state index >= 15 is 0 Å². The molecule has 3 heteroatoms. The molecule has 0 unspecified atom stereocenters.